The first-order valence-corrected chi connectivity index (χ1v) is 7.17. The van der Waals surface area contributed by atoms with Gasteiger partial charge in [-0.15, -0.1) is 11.8 Å². The van der Waals surface area contributed by atoms with Gasteiger partial charge in [0, 0.05) is 6.42 Å². The van der Waals surface area contributed by atoms with Crippen molar-refractivity contribution in [1.29, 1.82) is 0 Å². The lowest BCUT2D eigenvalue weighted by atomic mass is 10.1. The third-order valence-corrected chi connectivity index (χ3v) is 3.81. The number of ether oxygens (including phenoxy) is 1. The first-order chi connectivity index (χ1) is 8.28. The van der Waals surface area contributed by atoms with Crippen LogP contribution < -0.4 is 0 Å². The second-order valence-electron chi connectivity index (χ2n) is 4.42. The zero-order chi connectivity index (χ0) is 14.2. The van der Waals surface area contributed by atoms with E-state index in [0.29, 0.717) is 12.4 Å². The molecule has 0 aromatic rings. The highest BCUT2D eigenvalue weighted by atomic mass is 32.2. The van der Waals surface area contributed by atoms with E-state index in [2.05, 4.69) is 0 Å². The molecule has 0 saturated heterocycles. The number of thioether (sulfide) groups is 1. The minimum absolute atomic E-state index is 0.0401. The van der Waals surface area contributed by atoms with Crippen molar-refractivity contribution in [2.45, 2.75) is 51.5 Å². The van der Waals surface area contributed by atoms with Crippen molar-refractivity contribution >= 4 is 17.7 Å². The summed E-state index contributed by atoms with van der Waals surface area (Å²) in [6, 6.07) is 0. The van der Waals surface area contributed by atoms with E-state index in [9.17, 15) is 18.0 Å². The van der Waals surface area contributed by atoms with Crippen LogP contribution in [0.4, 0.5) is 13.2 Å². The predicted octanol–water partition coefficient (Wildman–Crippen LogP) is 4.04. The largest absolute Gasteiger partial charge is 0.465 e. The van der Waals surface area contributed by atoms with Crippen molar-refractivity contribution in [2.75, 3.05) is 12.4 Å². The molecule has 1 atom stereocenters. The van der Waals surface area contributed by atoms with Crippen molar-refractivity contribution in [3.63, 3.8) is 0 Å². The van der Waals surface area contributed by atoms with Crippen molar-refractivity contribution in [1.82, 2.24) is 0 Å². The molecule has 108 valence electrons. The third kappa shape index (κ3) is 8.66. The fourth-order valence-corrected chi connectivity index (χ4v) is 2.45. The maximum atomic E-state index is 12.0. The summed E-state index contributed by atoms with van der Waals surface area (Å²) in [6.45, 7) is 6.00. The Labute approximate surface area is 111 Å². The van der Waals surface area contributed by atoms with Gasteiger partial charge in [0.25, 0.3) is 0 Å². The van der Waals surface area contributed by atoms with E-state index in [1.165, 1.54) is 11.8 Å². The molecule has 0 rings (SSSR count). The lowest BCUT2D eigenvalue weighted by Crippen LogP contribution is -2.26. The smallest absolute Gasteiger partial charge is 0.389 e. The summed E-state index contributed by atoms with van der Waals surface area (Å²) in [5, 5.41) is -0.371. The molecule has 0 aromatic heterocycles. The molecule has 0 heterocycles. The molecule has 0 fully saturated rings. The van der Waals surface area contributed by atoms with E-state index in [1.807, 2.05) is 20.8 Å². The van der Waals surface area contributed by atoms with Crippen molar-refractivity contribution < 1.29 is 22.7 Å². The van der Waals surface area contributed by atoms with Gasteiger partial charge in [-0.1, -0.05) is 20.8 Å². The average molecular weight is 286 g/mol. The van der Waals surface area contributed by atoms with Crippen LogP contribution in [0.2, 0.25) is 0 Å². The summed E-state index contributed by atoms with van der Waals surface area (Å²) in [6.07, 6.45) is -4.13. The maximum Gasteiger partial charge on any atom is 0.389 e. The molecule has 0 aromatic carbocycles. The molecule has 0 saturated carbocycles. The summed E-state index contributed by atoms with van der Waals surface area (Å²) in [7, 11) is 0. The SMILES string of the molecule is CCCOC(=O)C(SCCCC(F)(F)F)C(C)C. The Kier molecular flexibility index (Phi) is 8.48. The molecule has 0 bridgehead atoms. The van der Waals surface area contributed by atoms with E-state index < -0.39 is 12.6 Å². The van der Waals surface area contributed by atoms with Gasteiger partial charge in [-0.25, -0.2) is 0 Å². The first-order valence-electron chi connectivity index (χ1n) is 6.13. The number of rotatable bonds is 8. The summed E-state index contributed by atoms with van der Waals surface area (Å²) in [5.41, 5.74) is 0. The Hall–Kier alpha value is -0.390. The van der Waals surface area contributed by atoms with Crippen molar-refractivity contribution in [3.8, 4) is 0 Å². The molecule has 0 radical (unpaired) electrons. The summed E-state index contributed by atoms with van der Waals surface area (Å²) in [5.74, 6) is 0.0675. The van der Waals surface area contributed by atoms with Crippen LogP contribution in [-0.2, 0) is 9.53 Å². The molecule has 0 aliphatic heterocycles. The zero-order valence-corrected chi connectivity index (χ0v) is 11.9. The Morgan fingerprint density at radius 1 is 1.33 bits per heavy atom. The van der Waals surface area contributed by atoms with Crippen LogP contribution in [0.25, 0.3) is 0 Å². The predicted molar refractivity (Wildman–Crippen MR) is 67.6 cm³/mol. The molecular formula is C12H21F3O2S. The molecule has 6 heteroatoms. The van der Waals surface area contributed by atoms with E-state index in [-0.39, 0.29) is 23.6 Å². The lowest BCUT2D eigenvalue weighted by Gasteiger charge is -2.19. The Balaban J connectivity index is 4.01. The molecule has 0 N–H and O–H groups in total. The van der Waals surface area contributed by atoms with Crippen LogP contribution in [0.15, 0.2) is 0 Å². The standard InChI is InChI=1S/C12H21F3O2S/c1-4-7-17-11(16)10(9(2)3)18-8-5-6-12(13,14)15/h9-10H,4-8H2,1-3H3. The quantitative estimate of drug-likeness (QED) is 0.497. The third-order valence-electron chi connectivity index (χ3n) is 2.19. The molecule has 0 amide bonds. The van der Waals surface area contributed by atoms with E-state index >= 15 is 0 Å². The molecule has 1 unspecified atom stereocenters. The van der Waals surface area contributed by atoms with Gasteiger partial charge in [-0.3, -0.25) is 4.79 Å². The Morgan fingerprint density at radius 3 is 2.39 bits per heavy atom. The number of carbonyl (C=O) groups is 1. The van der Waals surface area contributed by atoms with E-state index in [0.717, 1.165) is 6.42 Å². The number of alkyl halides is 3. The van der Waals surface area contributed by atoms with Crippen LogP contribution in [0.1, 0.15) is 40.0 Å². The fraction of sp³-hybridized carbons (Fsp3) is 0.917. The Bertz CT molecular complexity index is 242. The number of esters is 1. The van der Waals surface area contributed by atoms with Crippen LogP contribution in [0.3, 0.4) is 0 Å². The second kappa shape index (κ2) is 8.67. The van der Waals surface area contributed by atoms with Gasteiger partial charge >= 0.3 is 12.1 Å². The van der Waals surface area contributed by atoms with E-state index in [4.69, 9.17) is 4.74 Å². The molecule has 2 nitrogen and oxygen atoms in total. The summed E-state index contributed by atoms with van der Waals surface area (Å²) >= 11 is 1.25. The van der Waals surface area contributed by atoms with Gasteiger partial charge in [-0.2, -0.15) is 13.2 Å². The fourth-order valence-electron chi connectivity index (χ4n) is 1.30. The zero-order valence-electron chi connectivity index (χ0n) is 11.0. The van der Waals surface area contributed by atoms with Gasteiger partial charge in [0.15, 0.2) is 0 Å². The number of hydrogen-bond acceptors (Lipinski definition) is 3. The molecule has 0 spiro atoms. The van der Waals surface area contributed by atoms with Gasteiger partial charge in [-0.05, 0) is 24.5 Å². The minimum Gasteiger partial charge on any atom is -0.465 e. The highest BCUT2D eigenvalue weighted by Gasteiger charge is 2.28. The van der Waals surface area contributed by atoms with Crippen molar-refractivity contribution in [3.05, 3.63) is 0 Å². The summed E-state index contributed by atoms with van der Waals surface area (Å²) in [4.78, 5) is 11.7. The van der Waals surface area contributed by atoms with Crippen LogP contribution in [-0.4, -0.2) is 29.8 Å². The monoisotopic (exact) mass is 286 g/mol. The topological polar surface area (TPSA) is 26.3 Å². The van der Waals surface area contributed by atoms with Crippen LogP contribution >= 0.6 is 11.8 Å². The lowest BCUT2D eigenvalue weighted by molar-refractivity contribution is -0.143. The summed E-state index contributed by atoms with van der Waals surface area (Å²) < 4.78 is 40.9. The van der Waals surface area contributed by atoms with Crippen LogP contribution in [0.5, 0.6) is 0 Å². The highest BCUT2D eigenvalue weighted by Crippen LogP contribution is 2.26. The Morgan fingerprint density at radius 2 is 1.94 bits per heavy atom. The molecule has 0 aliphatic carbocycles. The van der Waals surface area contributed by atoms with Gasteiger partial charge in [0.05, 0.1) is 6.61 Å². The van der Waals surface area contributed by atoms with Gasteiger partial charge < -0.3 is 4.74 Å². The normalized spacial score (nSPS) is 13.7. The second-order valence-corrected chi connectivity index (χ2v) is 5.67. The van der Waals surface area contributed by atoms with Gasteiger partial charge in [0.2, 0.25) is 0 Å². The molecule has 0 aliphatic rings. The highest BCUT2D eigenvalue weighted by molar-refractivity contribution is 8.00. The average Bonchev–Trinajstić information content (AvgIpc) is 2.23. The molecule has 18 heavy (non-hydrogen) atoms. The first kappa shape index (κ1) is 17.6. The maximum absolute atomic E-state index is 12.0. The minimum atomic E-state index is -4.11. The number of hydrogen-bond donors (Lipinski definition) is 0. The van der Waals surface area contributed by atoms with Crippen LogP contribution in [0, 0.1) is 5.92 Å². The number of carbonyl (C=O) groups excluding carboxylic acids is 1. The number of halogens is 3. The van der Waals surface area contributed by atoms with Crippen molar-refractivity contribution in [2.24, 2.45) is 5.92 Å². The van der Waals surface area contributed by atoms with Gasteiger partial charge in [0.1, 0.15) is 5.25 Å². The molecular weight excluding hydrogens is 265 g/mol. The van der Waals surface area contributed by atoms with E-state index in [1.54, 1.807) is 0 Å².